The molecule has 0 aliphatic rings. The van der Waals surface area contributed by atoms with Crippen LogP contribution in [0.25, 0.3) is 0 Å². The van der Waals surface area contributed by atoms with E-state index in [0.29, 0.717) is 11.6 Å². The quantitative estimate of drug-likeness (QED) is 0.349. The summed E-state index contributed by atoms with van der Waals surface area (Å²) in [6.45, 7) is 0.181. The minimum atomic E-state index is -4.70. The number of halogens is 4. The zero-order valence-electron chi connectivity index (χ0n) is 16.9. The number of benzene rings is 2. The number of nitrogens with zero attached hydrogens (tertiary/aromatic N) is 2. The second-order valence-electron chi connectivity index (χ2n) is 7.00. The lowest BCUT2D eigenvalue weighted by Gasteiger charge is -2.25. The Hall–Kier alpha value is -3.21. The first-order chi connectivity index (χ1) is 14.5. The van der Waals surface area contributed by atoms with E-state index in [4.69, 9.17) is 0 Å². The minimum Gasteiger partial charge on any atom is -0.379 e. The summed E-state index contributed by atoms with van der Waals surface area (Å²) >= 11 is 0. The molecular weight excluding hydrogens is 420 g/mol. The van der Waals surface area contributed by atoms with Crippen molar-refractivity contribution >= 4 is 17.3 Å². The molecule has 0 saturated carbocycles. The number of carbonyl (C=O) groups is 1. The van der Waals surface area contributed by atoms with Crippen molar-refractivity contribution in [2.24, 2.45) is 0 Å². The summed E-state index contributed by atoms with van der Waals surface area (Å²) in [5.74, 6) is -0.761. The van der Waals surface area contributed by atoms with Crippen LogP contribution in [0.5, 0.6) is 0 Å². The normalized spacial score (nSPS) is 12.5. The first-order valence-corrected chi connectivity index (χ1v) is 9.27. The Morgan fingerprint density at radius 2 is 1.90 bits per heavy atom. The number of amides is 1. The molecule has 1 amide bonds. The van der Waals surface area contributed by atoms with Crippen LogP contribution in [0.3, 0.4) is 0 Å². The number of nitro benzene ring substituents is 1. The third-order valence-electron chi connectivity index (χ3n) is 4.54. The van der Waals surface area contributed by atoms with Crippen LogP contribution < -0.4 is 10.6 Å². The van der Waals surface area contributed by atoms with Gasteiger partial charge in [-0.2, -0.15) is 13.2 Å². The Balaban J connectivity index is 1.94. The van der Waals surface area contributed by atoms with Crippen molar-refractivity contribution < 1.29 is 27.3 Å². The van der Waals surface area contributed by atoms with Crippen LogP contribution in [0.2, 0.25) is 0 Å². The van der Waals surface area contributed by atoms with Gasteiger partial charge in [-0.05, 0) is 43.9 Å². The predicted molar refractivity (Wildman–Crippen MR) is 107 cm³/mol. The van der Waals surface area contributed by atoms with E-state index in [-0.39, 0.29) is 37.1 Å². The van der Waals surface area contributed by atoms with Gasteiger partial charge in [0.25, 0.3) is 5.69 Å². The molecule has 1 unspecified atom stereocenters. The summed E-state index contributed by atoms with van der Waals surface area (Å²) < 4.78 is 51.7. The number of likely N-dealkylation sites (N-methyl/N-ethyl adjacent to an activating group) is 1. The van der Waals surface area contributed by atoms with Gasteiger partial charge in [0.1, 0.15) is 11.5 Å². The topological polar surface area (TPSA) is 87.5 Å². The number of hydrogen-bond donors (Lipinski definition) is 2. The molecule has 2 N–H and O–H groups in total. The highest BCUT2D eigenvalue weighted by Gasteiger charge is 2.33. The number of nitro groups is 1. The molecule has 0 saturated heterocycles. The van der Waals surface area contributed by atoms with E-state index < -0.39 is 28.2 Å². The maximum Gasteiger partial charge on any atom is 0.416 e. The van der Waals surface area contributed by atoms with Crippen LogP contribution >= 0.6 is 0 Å². The van der Waals surface area contributed by atoms with Crippen molar-refractivity contribution in [1.82, 2.24) is 10.2 Å². The highest BCUT2D eigenvalue weighted by atomic mass is 19.4. The minimum absolute atomic E-state index is 0.0232. The summed E-state index contributed by atoms with van der Waals surface area (Å²) in [5, 5.41) is 16.4. The molecule has 0 fully saturated rings. The van der Waals surface area contributed by atoms with E-state index in [9.17, 15) is 32.5 Å². The maximum absolute atomic E-state index is 13.5. The fraction of sp³-hybridized carbons (Fsp3) is 0.350. The highest BCUT2D eigenvalue weighted by Crippen LogP contribution is 2.34. The van der Waals surface area contributed by atoms with Crippen LogP contribution in [0.15, 0.2) is 42.5 Å². The second-order valence-corrected chi connectivity index (χ2v) is 7.00. The van der Waals surface area contributed by atoms with E-state index in [2.05, 4.69) is 10.6 Å². The Kier molecular flexibility index (Phi) is 7.92. The molecule has 0 spiro atoms. The van der Waals surface area contributed by atoms with Crippen molar-refractivity contribution in [2.45, 2.75) is 18.6 Å². The lowest BCUT2D eigenvalue weighted by atomic mass is 10.1. The van der Waals surface area contributed by atoms with Gasteiger partial charge in [0.05, 0.1) is 16.5 Å². The average Bonchev–Trinajstić information content (AvgIpc) is 2.67. The lowest BCUT2D eigenvalue weighted by Crippen LogP contribution is -2.35. The largest absolute Gasteiger partial charge is 0.416 e. The molecular formula is C20H22F4N4O3. The molecule has 7 nitrogen and oxygen atoms in total. The van der Waals surface area contributed by atoms with Gasteiger partial charge < -0.3 is 15.5 Å². The molecule has 168 valence electrons. The van der Waals surface area contributed by atoms with Crippen LogP contribution in [0, 0.1) is 15.9 Å². The molecule has 0 aromatic heterocycles. The van der Waals surface area contributed by atoms with Gasteiger partial charge in [-0.1, -0.05) is 12.1 Å². The van der Waals surface area contributed by atoms with Crippen LogP contribution in [0.4, 0.5) is 28.9 Å². The first-order valence-electron chi connectivity index (χ1n) is 9.27. The molecule has 0 heterocycles. The van der Waals surface area contributed by atoms with Gasteiger partial charge >= 0.3 is 6.18 Å². The average molecular weight is 442 g/mol. The van der Waals surface area contributed by atoms with Crippen LogP contribution in [0.1, 0.15) is 23.6 Å². The van der Waals surface area contributed by atoms with Gasteiger partial charge in [0.15, 0.2) is 0 Å². The van der Waals surface area contributed by atoms with Gasteiger partial charge in [-0.25, -0.2) is 4.39 Å². The number of anilines is 1. The Bertz CT molecular complexity index is 935. The molecule has 0 bridgehead atoms. The van der Waals surface area contributed by atoms with Crippen LogP contribution in [-0.2, 0) is 11.0 Å². The van der Waals surface area contributed by atoms with Gasteiger partial charge in [-0.15, -0.1) is 0 Å². The molecule has 0 aliphatic heterocycles. The Morgan fingerprint density at radius 3 is 2.48 bits per heavy atom. The summed E-state index contributed by atoms with van der Waals surface area (Å²) in [4.78, 5) is 24.1. The molecule has 2 rings (SSSR count). The third-order valence-corrected chi connectivity index (χ3v) is 4.54. The Labute approximate surface area is 176 Å². The number of carbonyl (C=O) groups excluding carboxylic acids is 1. The summed E-state index contributed by atoms with van der Waals surface area (Å²) in [6.07, 6.45) is -4.77. The summed E-state index contributed by atoms with van der Waals surface area (Å²) in [5.41, 5.74) is -1.29. The van der Waals surface area contributed by atoms with Crippen molar-refractivity contribution in [2.75, 3.05) is 32.5 Å². The van der Waals surface area contributed by atoms with Crippen LogP contribution in [-0.4, -0.2) is 42.9 Å². The van der Waals surface area contributed by atoms with Gasteiger partial charge in [0, 0.05) is 25.6 Å². The first kappa shape index (κ1) is 24.1. The standard InChI is InChI=1S/C20H22F4N4O3/c1-27(2)18(13-4-3-5-15(21)10-13)12-26-19(29)8-9-25-16-7-6-14(20(22,23)24)11-17(16)28(30)31/h3-7,10-11,18,25H,8-9,12H2,1-2H3,(H,26,29). The number of alkyl halides is 3. The Morgan fingerprint density at radius 1 is 1.19 bits per heavy atom. The molecule has 2 aromatic carbocycles. The zero-order valence-corrected chi connectivity index (χ0v) is 16.9. The van der Waals surface area contributed by atoms with Crippen molar-refractivity contribution in [3.8, 4) is 0 Å². The number of rotatable bonds is 9. The lowest BCUT2D eigenvalue weighted by molar-refractivity contribution is -0.384. The van der Waals surface area contributed by atoms with Gasteiger partial charge in [-0.3, -0.25) is 14.9 Å². The smallest absolute Gasteiger partial charge is 0.379 e. The SMILES string of the molecule is CN(C)C(CNC(=O)CCNc1ccc(C(F)(F)F)cc1[N+](=O)[O-])c1cccc(F)c1. The maximum atomic E-state index is 13.5. The van der Waals surface area contributed by atoms with Gasteiger partial charge in [0.2, 0.25) is 5.91 Å². The zero-order chi connectivity index (χ0) is 23.2. The molecule has 2 aromatic rings. The molecule has 0 aliphatic carbocycles. The molecule has 31 heavy (non-hydrogen) atoms. The fourth-order valence-electron chi connectivity index (χ4n) is 2.93. The van der Waals surface area contributed by atoms with Crippen molar-refractivity contribution in [1.29, 1.82) is 0 Å². The van der Waals surface area contributed by atoms with E-state index in [1.165, 1.54) is 12.1 Å². The molecule has 11 heteroatoms. The molecule has 0 radical (unpaired) electrons. The molecule has 1 atom stereocenters. The van der Waals surface area contributed by atoms with E-state index in [1.807, 2.05) is 4.90 Å². The number of hydrogen-bond acceptors (Lipinski definition) is 5. The summed E-state index contributed by atoms with van der Waals surface area (Å²) in [7, 11) is 3.57. The van der Waals surface area contributed by atoms with E-state index >= 15 is 0 Å². The van der Waals surface area contributed by atoms with E-state index in [0.717, 1.165) is 12.1 Å². The monoisotopic (exact) mass is 442 g/mol. The fourth-order valence-corrected chi connectivity index (χ4v) is 2.93. The van der Waals surface area contributed by atoms with Crippen molar-refractivity contribution in [3.63, 3.8) is 0 Å². The van der Waals surface area contributed by atoms with E-state index in [1.54, 1.807) is 26.2 Å². The highest BCUT2D eigenvalue weighted by molar-refractivity contribution is 5.76. The predicted octanol–water partition coefficient (Wildman–Crippen LogP) is 3.97. The second kappa shape index (κ2) is 10.2. The van der Waals surface area contributed by atoms with Crippen molar-refractivity contribution in [3.05, 3.63) is 69.5 Å². The summed E-state index contributed by atoms with van der Waals surface area (Å²) in [6, 6.07) is 7.88. The third kappa shape index (κ3) is 6.92. The number of nitrogens with one attached hydrogen (secondary N) is 2.